The van der Waals surface area contributed by atoms with E-state index in [4.69, 9.17) is 0 Å². The van der Waals surface area contributed by atoms with Gasteiger partial charge in [-0.2, -0.15) is 0 Å². The molecule has 2 amide bonds. The predicted octanol–water partition coefficient (Wildman–Crippen LogP) is 1.74. The standard InChI is InChI=1S/C14H24N2O2/c1-10-6-2-5-9-12(10)16-14(18)13(17)15-11-7-3-4-8-11/h10-12H,2-9H2,1H3,(H,15,17)(H,16,18)/t10-,12-/m1/s1. The van der Waals surface area contributed by atoms with Crippen LogP contribution < -0.4 is 10.6 Å². The Kier molecular flexibility index (Phi) is 4.61. The zero-order chi connectivity index (χ0) is 13.0. The SMILES string of the molecule is C[C@@H]1CCCC[C@H]1NC(=O)C(=O)NC1CCCC1. The van der Waals surface area contributed by atoms with Crippen LogP contribution in [0.3, 0.4) is 0 Å². The maximum Gasteiger partial charge on any atom is 0.309 e. The van der Waals surface area contributed by atoms with E-state index in [9.17, 15) is 9.59 Å². The summed E-state index contributed by atoms with van der Waals surface area (Å²) in [4.78, 5) is 23.6. The van der Waals surface area contributed by atoms with Gasteiger partial charge in [-0.1, -0.05) is 32.6 Å². The minimum Gasteiger partial charge on any atom is -0.345 e. The molecule has 4 heteroatoms. The van der Waals surface area contributed by atoms with E-state index in [1.54, 1.807) is 0 Å². The molecule has 2 N–H and O–H groups in total. The van der Waals surface area contributed by atoms with Gasteiger partial charge in [0, 0.05) is 12.1 Å². The maximum atomic E-state index is 11.8. The molecule has 0 bridgehead atoms. The lowest BCUT2D eigenvalue weighted by Gasteiger charge is -2.29. The van der Waals surface area contributed by atoms with E-state index in [-0.39, 0.29) is 12.1 Å². The van der Waals surface area contributed by atoms with Gasteiger partial charge in [0.05, 0.1) is 0 Å². The van der Waals surface area contributed by atoms with Gasteiger partial charge >= 0.3 is 11.8 Å². The van der Waals surface area contributed by atoms with Crippen LogP contribution in [0.1, 0.15) is 58.3 Å². The zero-order valence-electron chi connectivity index (χ0n) is 11.2. The Morgan fingerprint density at radius 2 is 1.39 bits per heavy atom. The van der Waals surface area contributed by atoms with Crippen molar-refractivity contribution in [3.8, 4) is 0 Å². The summed E-state index contributed by atoms with van der Waals surface area (Å²) >= 11 is 0. The minimum atomic E-state index is -0.445. The summed E-state index contributed by atoms with van der Waals surface area (Å²) in [6, 6.07) is 0.396. The molecule has 0 unspecified atom stereocenters. The molecule has 0 aromatic heterocycles. The van der Waals surface area contributed by atoms with Crippen LogP contribution in [0.25, 0.3) is 0 Å². The molecule has 0 saturated heterocycles. The third-order valence-corrected chi connectivity index (χ3v) is 4.32. The molecule has 0 aromatic rings. The Balaban J connectivity index is 1.77. The number of rotatable bonds is 2. The molecular formula is C14H24N2O2. The summed E-state index contributed by atoms with van der Waals surface area (Å²) < 4.78 is 0. The molecular weight excluding hydrogens is 228 g/mol. The second kappa shape index (κ2) is 6.21. The van der Waals surface area contributed by atoms with Gasteiger partial charge in [-0.25, -0.2) is 0 Å². The van der Waals surface area contributed by atoms with Crippen LogP contribution >= 0.6 is 0 Å². The normalized spacial score (nSPS) is 28.9. The van der Waals surface area contributed by atoms with Crippen molar-refractivity contribution in [1.29, 1.82) is 0 Å². The summed E-state index contributed by atoms with van der Waals surface area (Å²) in [7, 11) is 0. The molecule has 2 atom stereocenters. The maximum absolute atomic E-state index is 11.8. The Labute approximate surface area is 109 Å². The molecule has 2 aliphatic rings. The molecule has 0 spiro atoms. The van der Waals surface area contributed by atoms with E-state index in [0.29, 0.717) is 5.92 Å². The van der Waals surface area contributed by atoms with Crippen LogP contribution in [0.15, 0.2) is 0 Å². The number of carbonyl (C=O) groups is 2. The number of hydrogen-bond donors (Lipinski definition) is 2. The smallest absolute Gasteiger partial charge is 0.309 e. The Hall–Kier alpha value is -1.06. The average Bonchev–Trinajstić information content (AvgIpc) is 2.84. The summed E-state index contributed by atoms with van der Waals surface area (Å²) in [5.74, 6) is -0.401. The van der Waals surface area contributed by atoms with Crippen molar-refractivity contribution in [3.63, 3.8) is 0 Å². The summed E-state index contributed by atoms with van der Waals surface area (Å²) in [6.07, 6.45) is 8.89. The van der Waals surface area contributed by atoms with E-state index in [0.717, 1.165) is 44.9 Å². The highest BCUT2D eigenvalue weighted by Gasteiger charge is 2.27. The molecule has 2 fully saturated rings. The first-order valence-corrected chi connectivity index (χ1v) is 7.28. The Morgan fingerprint density at radius 3 is 2.06 bits per heavy atom. The first-order chi connectivity index (χ1) is 8.66. The van der Waals surface area contributed by atoms with Gasteiger partial charge in [-0.05, 0) is 31.6 Å². The molecule has 102 valence electrons. The van der Waals surface area contributed by atoms with Crippen LogP contribution in [0, 0.1) is 5.92 Å². The highest BCUT2D eigenvalue weighted by atomic mass is 16.2. The monoisotopic (exact) mass is 252 g/mol. The fourth-order valence-corrected chi connectivity index (χ4v) is 3.09. The fourth-order valence-electron chi connectivity index (χ4n) is 3.09. The van der Waals surface area contributed by atoms with E-state index < -0.39 is 11.8 Å². The van der Waals surface area contributed by atoms with E-state index in [2.05, 4.69) is 17.6 Å². The van der Waals surface area contributed by atoms with Crippen molar-refractivity contribution in [2.75, 3.05) is 0 Å². The molecule has 18 heavy (non-hydrogen) atoms. The summed E-state index contributed by atoms with van der Waals surface area (Å²) in [5.41, 5.74) is 0. The summed E-state index contributed by atoms with van der Waals surface area (Å²) in [6.45, 7) is 2.15. The molecule has 0 radical (unpaired) electrons. The van der Waals surface area contributed by atoms with Crippen molar-refractivity contribution in [2.45, 2.75) is 70.4 Å². The Bertz CT molecular complexity index is 311. The molecule has 2 rings (SSSR count). The topological polar surface area (TPSA) is 58.2 Å². The predicted molar refractivity (Wildman–Crippen MR) is 70.0 cm³/mol. The fraction of sp³-hybridized carbons (Fsp3) is 0.857. The van der Waals surface area contributed by atoms with Crippen molar-refractivity contribution >= 4 is 11.8 Å². The quantitative estimate of drug-likeness (QED) is 0.735. The number of amides is 2. The second-order valence-electron chi connectivity index (χ2n) is 5.80. The lowest BCUT2D eigenvalue weighted by atomic mass is 9.86. The van der Waals surface area contributed by atoms with Crippen LogP contribution in [-0.2, 0) is 9.59 Å². The van der Waals surface area contributed by atoms with Crippen molar-refractivity contribution < 1.29 is 9.59 Å². The highest BCUT2D eigenvalue weighted by molar-refractivity contribution is 6.35. The molecule has 0 aromatic carbocycles. The van der Waals surface area contributed by atoms with Crippen LogP contribution in [0.2, 0.25) is 0 Å². The van der Waals surface area contributed by atoms with E-state index in [1.807, 2.05) is 0 Å². The van der Waals surface area contributed by atoms with E-state index >= 15 is 0 Å². The molecule has 4 nitrogen and oxygen atoms in total. The summed E-state index contributed by atoms with van der Waals surface area (Å²) in [5, 5.41) is 5.72. The van der Waals surface area contributed by atoms with E-state index in [1.165, 1.54) is 6.42 Å². The van der Waals surface area contributed by atoms with Gasteiger partial charge in [-0.15, -0.1) is 0 Å². The first kappa shape index (κ1) is 13.4. The molecule has 2 saturated carbocycles. The van der Waals surface area contributed by atoms with Gasteiger partial charge in [0.1, 0.15) is 0 Å². The lowest BCUT2D eigenvalue weighted by Crippen LogP contribution is -2.49. The minimum absolute atomic E-state index is 0.181. The van der Waals surface area contributed by atoms with Crippen molar-refractivity contribution in [2.24, 2.45) is 5.92 Å². The highest BCUT2D eigenvalue weighted by Crippen LogP contribution is 2.23. The lowest BCUT2D eigenvalue weighted by molar-refractivity contribution is -0.140. The third-order valence-electron chi connectivity index (χ3n) is 4.32. The first-order valence-electron chi connectivity index (χ1n) is 7.28. The third kappa shape index (κ3) is 3.47. The zero-order valence-corrected chi connectivity index (χ0v) is 11.2. The Morgan fingerprint density at radius 1 is 0.833 bits per heavy atom. The number of carbonyl (C=O) groups excluding carboxylic acids is 2. The molecule has 0 aliphatic heterocycles. The number of hydrogen-bond acceptors (Lipinski definition) is 2. The van der Waals surface area contributed by atoms with Gasteiger partial charge in [0.15, 0.2) is 0 Å². The van der Waals surface area contributed by atoms with Gasteiger partial charge in [0.2, 0.25) is 0 Å². The largest absolute Gasteiger partial charge is 0.345 e. The molecule has 2 aliphatic carbocycles. The van der Waals surface area contributed by atoms with Crippen LogP contribution in [0.4, 0.5) is 0 Å². The van der Waals surface area contributed by atoms with Crippen molar-refractivity contribution in [1.82, 2.24) is 10.6 Å². The average molecular weight is 252 g/mol. The van der Waals surface area contributed by atoms with Crippen molar-refractivity contribution in [3.05, 3.63) is 0 Å². The van der Waals surface area contributed by atoms with Gasteiger partial charge < -0.3 is 10.6 Å². The van der Waals surface area contributed by atoms with Gasteiger partial charge in [-0.3, -0.25) is 9.59 Å². The van der Waals surface area contributed by atoms with Gasteiger partial charge in [0.25, 0.3) is 0 Å². The van der Waals surface area contributed by atoms with Crippen LogP contribution in [0.5, 0.6) is 0 Å². The second-order valence-corrected chi connectivity index (χ2v) is 5.80. The molecule has 0 heterocycles. The number of nitrogens with one attached hydrogen (secondary N) is 2. The van der Waals surface area contributed by atoms with Crippen LogP contribution in [-0.4, -0.2) is 23.9 Å².